The molecule has 0 aliphatic carbocycles. The van der Waals surface area contributed by atoms with E-state index in [-0.39, 0.29) is 17.5 Å². The molecule has 2 N–H and O–H groups in total. The molecule has 74 valence electrons. The van der Waals surface area contributed by atoms with Crippen LogP contribution in [-0.4, -0.2) is 12.1 Å². The monoisotopic (exact) mass is 184 g/mol. The van der Waals surface area contributed by atoms with E-state index in [2.05, 4.69) is 31.6 Å². The van der Waals surface area contributed by atoms with Gasteiger partial charge >= 0.3 is 0 Å². The van der Waals surface area contributed by atoms with E-state index in [1.54, 1.807) is 0 Å². The first-order chi connectivity index (χ1) is 5.89. The number of carbonyl (C=O) groups is 1. The van der Waals surface area contributed by atoms with E-state index in [0.29, 0.717) is 0 Å². The normalized spacial score (nSPS) is 22.2. The summed E-state index contributed by atoms with van der Waals surface area (Å²) in [7, 11) is 0. The second-order valence-corrected chi connectivity index (χ2v) is 4.18. The maximum absolute atomic E-state index is 10.7. The largest absolute Gasteiger partial charge is 0.410 e. The van der Waals surface area contributed by atoms with Crippen LogP contribution in [0.3, 0.4) is 0 Å². The van der Waals surface area contributed by atoms with Gasteiger partial charge in [0, 0.05) is 12.3 Å². The molecule has 4 nitrogen and oxygen atoms in total. The minimum absolute atomic E-state index is 0.0276. The lowest BCUT2D eigenvalue weighted by Crippen LogP contribution is -2.39. The van der Waals surface area contributed by atoms with E-state index in [0.717, 1.165) is 5.76 Å². The number of allylic oxidation sites excluding steroid dienone is 1. The first kappa shape index (κ1) is 10.1. The third-order valence-electron chi connectivity index (χ3n) is 1.71. The number of hydrogen-bond acceptors (Lipinski definition) is 3. The zero-order valence-electron chi connectivity index (χ0n) is 8.47. The molecule has 0 aromatic heterocycles. The molecule has 0 saturated heterocycles. The van der Waals surface area contributed by atoms with Gasteiger partial charge < -0.3 is 10.2 Å². The fourth-order valence-corrected chi connectivity index (χ4v) is 1.04. The maximum Gasteiger partial charge on any atom is 0.218 e. The number of rotatable bonds is 1. The topological polar surface area (TPSA) is 50.4 Å². The molecule has 0 aromatic carbocycles. The number of amides is 1. The van der Waals surface area contributed by atoms with Crippen LogP contribution in [0.2, 0.25) is 0 Å². The van der Waals surface area contributed by atoms with Crippen LogP contribution in [0.4, 0.5) is 0 Å². The van der Waals surface area contributed by atoms with E-state index in [4.69, 9.17) is 4.84 Å². The summed E-state index contributed by atoms with van der Waals surface area (Å²) >= 11 is 0. The Morgan fingerprint density at radius 2 is 2.23 bits per heavy atom. The maximum atomic E-state index is 10.7. The quantitative estimate of drug-likeness (QED) is 0.637. The third kappa shape index (κ3) is 2.73. The molecule has 4 heteroatoms. The standard InChI is InChI=1S/C9H16N2O2/c1-6(12)10-8-5-7(13-11-8)9(2,3)4/h5,8,11H,1-4H3,(H,10,12). The van der Waals surface area contributed by atoms with E-state index in [9.17, 15) is 4.79 Å². The fourth-order valence-electron chi connectivity index (χ4n) is 1.04. The molecule has 1 unspecified atom stereocenters. The Kier molecular flexibility index (Phi) is 2.61. The van der Waals surface area contributed by atoms with E-state index >= 15 is 0 Å². The summed E-state index contributed by atoms with van der Waals surface area (Å²) in [5.41, 5.74) is 2.69. The molecule has 1 amide bonds. The van der Waals surface area contributed by atoms with Gasteiger partial charge in [0.05, 0.1) is 0 Å². The molecule has 0 spiro atoms. The summed E-state index contributed by atoms with van der Waals surface area (Å²) < 4.78 is 0. The first-order valence-electron chi connectivity index (χ1n) is 4.31. The summed E-state index contributed by atoms with van der Waals surface area (Å²) in [6.07, 6.45) is 1.67. The van der Waals surface area contributed by atoms with Gasteiger partial charge in [-0.3, -0.25) is 4.79 Å². The molecule has 1 aliphatic heterocycles. The van der Waals surface area contributed by atoms with Crippen molar-refractivity contribution >= 4 is 5.91 Å². The summed E-state index contributed by atoms with van der Waals surface area (Å²) in [5.74, 6) is 0.777. The molecular weight excluding hydrogens is 168 g/mol. The Bertz CT molecular complexity index is 240. The van der Waals surface area contributed by atoms with Crippen LogP contribution in [-0.2, 0) is 9.63 Å². The van der Waals surface area contributed by atoms with Crippen molar-refractivity contribution in [1.29, 1.82) is 0 Å². The predicted molar refractivity (Wildman–Crippen MR) is 49.4 cm³/mol. The van der Waals surface area contributed by atoms with Crippen molar-refractivity contribution in [2.24, 2.45) is 5.41 Å². The number of nitrogens with one attached hydrogen (secondary N) is 2. The summed E-state index contributed by atoms with van der Waals surface area (Å²) in [6, 6.07) is 0. The Balaban J connectivity index is 2.59. The lowest BCUT2D eigenvalue weighted by Gasteiger charge is -2.17. The van der Waals surface area contributed by atoms with Crippen molar-refractivity contribution in [2.45, 2.75) is 33.9 Å². The van der Waals surface area contributed by atoms with Gasteiger partial charge in [0.2, 0.25) is 5.91 Å². The fraction of sp³-hybridized carbons (Fsp3) is 0.667. The second-order valence-electron chi connectivity index (χ2n) is 4.18. The Labute approximate surface area is 78.3 Å². The molecule has 1 atom stereocenters. The number of carbonyl (C=O) groups excluding carboxylic acids is 1. The summed E-state index contributed by atoms with van der Waals surface area (Å²) in [5, 5.41) is 2.69. The van der Waals surface area contributed by atoms with E-state index in [1.165, 1.54) is 6.92 Å². The van der Waals surface area contributed by atoms with Gasteiger partial charge in [-0.25, -0.2) is 0 Å². The Hall–Kier alpha value is -1.03. The number of hydrogen-bond donors (Lipinski definition) is 2. The molecule has 1 heterocycles. The second kappa shape index (κ2) is 3.38. The molecule has 13 heavy (non-hydrogen) atoms. The van der Waals surface area contributed by atoms with Crippen molar-refractivity contribution in [3.05, 3.63) is 11.8 Å². The van der Waals surface area contributed by atoms with Crippen LogP contribution in [0, 0.1) is 5.41 Å². The van der Waals surface area contributed by atoms with Crippen LogP contribution in [0.1, 0.15) is 27.7 Å². The van der Waals surface area contributed by atoms with Crippen LogP contribution in [0.25, 0.3) is 0 Å². The molecule has 0 aromatic rings. The minimum Gasteiger partial charge on any atom is -0.410 e. The van der Waals surface area contributed by atoms with Gasteiger partial charge in [0.15, 0.2) is 0 Å². The SMILES string of the molecule is CC(=O)NC1C=C(C(C)(C)C)ON1. The van der Waals surface area contributed by atoms with Crippen molar-refractivity contribution in [2.75, 3.05) is 0 Å². The van der Waals surface area contributed by atoms with Gasteiger partial charge in [0.1, 0.15) is 11.9 Å². The molecule has 0 saturated carbocycles. The first-order valence-corrected chi connectivity index (χ1v) is 4.31. The van der Waals surface area contributed by atoms with E-state index in [1.807, 2.05) is 6.08 Å². The zero-order chi connectivity index (χ0) is 10.1. The highest BCUT2D eigenvalue weighted by Crippen LogP contribution is 2.27. The third-order valence-corrected chi connectivity index (χ3v) is 1.71. The smallest absolute Gasteiger partial charge is 0.218 e. The minimum atomic E-state index is -0.202. The van der Waals surface area contributed by atoms with Gasteiger partial charge in [-0.05, 0) is 6.08 Å². The van der Waals surface area contributed by atoms with Crippen LogP contribution in [0.15, 0.2) is 11.8 Å². The molecule has 1 aliphatic rings. The molecule has 0 radical (unpaired) electrons. The molecule has 0 bridgehead atoms. The molecule has 1 rings (SSSR count). The Morgan fingerprint density at radius 1 is 1.62 bits per heavy atom. The molecule has 0 fully saturated rings. The van der Waals surface area contributed by atoms with Crippen molar-refractivity contribution in [3.63, 3.8) is 0 Å². The van der Waals surface area contributed by atoms with Crippen molar-refractivity contribution in [1.82, 2.24) is 10.8 Å². The van der Waals surface area contributed by atoms with Crippen LogP contribution in [0.5, 0.6) is 0 Å². The Morgan fingerprint density at radius 3 is 2.62 bits per heavy atom. The average Bonchev–Trinajstić information content (AvgIpc) is 2.32. The lowest BCUT2D eigenvalue weighted by atomic mass is 9.94. The van der Waals surface area contributed by atoms with Crippen LogP contribution >= 0.6 is 0 Å². The highest BCUT2D eigenvalue weighted by Gasteiger charge is 2.26. The zero-order valence-corrected chi connectivity index (χ0v) is 8.47. The van der Waals surface area contributed by atoms with Gasteiger partial charge in [-0.1, -0.05) is 20.8 Å². The lowest BCUT2D eigenvalue weighted by molar-refractivity contribution is -0.120. The van der Waals surface area contributed by atoms with Gasteiger partial charge in [-0.15, -0.1) is 5.48 Å². The number of hydroxylamine groups is 1. The van der Waals surface area contributed by atoms with Crippen molar-refractivity contribution < 1.29 is 9.63 Å². The van der Waals surface area contributed by atoms with E-state index < -0.39 is 0 Å². The van der Waals surface area contributed by atoms with Gasteiger partial charge in [-0.2, -0.15) is 0 Å². The average molecular weight is 184 g/mol. The van der Waals surface area contributed by atoms with Crippen LogP contribution < -0.4 is 10.8 Å². The highest BCUT2D eigenvalue weighted by molar-refractivity contribution is 5.73. The summed E-state index contributed by atoms with van der Waals surface area (Å²) in [6.45, 7) is 7.63. The van der Waals surface area contributed by atoms with Crippen molar-refractivity contribution in [3.8, 4) is 0 Å². The van der Waals surface area contributed by atoms with Gasteiger partial charge in [0.25, 0.3) is 0 Å². The molecular formula is C9H16N2O2. The predicted octanol–water partition coefficient (Wildman–Crippen LogP) is 0.913. The highest BCUT2D eigenvalue weighted by atomic mass is 16.7. The summed E-state index contributed by atoms with van der Waals surface area (Å²) in [4.78, 5) is 15.9.